The number of hydrogen-bond acceptors (Lipinski definition) is 2. The number of allylic oxidation sites excluding steroid dienone is 2. The van der Waals surface area contributed by atoms with Gasteiger partial charge in [-0.15, -0.1) is 13.2 Å². The highest BCUT2D eigenvalue weighted by Crippen LogP contribution is 2.28. The number of ketones is 1. The zero-order valence-corrected chi connectivity index (χ0v) is 17.2. The first kappa shape index (κ1) is 25.4. The Morgan fingerprint density at radius 2 is 1.50 bits per heavy atom. The fourth-order valence-corrected chi connectivity index (χ4v) is 2.45. The average molecular weight is 339 g/mol. The summed E-state index contributed by atoms with van der Waals surface area (Å²) in [6.45, 7) is 19.8. The van der Waals surface area contributed by atoms with Crippen molar-refractivity contribution in [2.45, 2.75) is 99.0 Å². The van der Waals surface area contributed by atoms with Gasteiger partial charge in [-0.05, 0) is 31.1 Å². The van der Waals surface area contributed by atoms with E-state index in [4.69, 9.17) is 0 Å². The second-order valence-corrected chi connectivity index (χ2v) is 8.04. The van der Waals surface area contributed by atoms with E-state index in [0.717, 1.165) is 51.4 Å². The van der Waals surface area contributed by atoms with Crippen molar-refractivity contribution in [3.63, 3.8) is 0 Å². The molecule has 0 saturated heterocycles. The summed E-state index contributed by atoms with van der Waals surface area (Å²) in [5, 5.41) is 9.79. The summed E-state index contributed by atoms with van der Waals surface area (Å²) >= 11 is 0. The molecule has 0 fully saturated rings. The molecule has 0 rings (SSSR count). The lowest BCUT2D eigenvalue weighted by Crippen LogP contribution is -2.28. The molecule has 0 aliphatic heterocycles. The van der Waals surface area contributed by atoms with E-state index in [9.17, 15) is 9.90 Å². The SMILES string of the molecule is C=CCC(C)(C)C(=O)CCCC.C=CCC(C)(C)C(O)CCCC. The second kappa shape index (κ2) is 13.4. The summed E-state index contributed by atoms with van der Waals surface area (Å²) in [4.78, 5) is 11.6. The first-order chi connectivity index (χ1) is 11.1. The fraction of sp³-hybridized carbons (Fsp3) is 0.773. The molecular formula is C22H42O2. The summed E-state index contributed by atoms with van der Waals surface area (Å²) in [6.07, 6.45) is 11.2. The highest BCUT2D eigenvalue weighted by Gasteiger charge is 2.25. The third kappa shape index (κ3) is 11.6. The van der Waals surface area contributed by atoms with Crippen LogP contribution in [0.1, 0.15) is 92.9 Å². The van der Waals surface area contributed by atoms with E-state index in [1.165, 1.54) is 0 Å². The predicted octanol–water partition coefficient (Wildman–Crippen LogP) is 6.49. The Kier molecular flexibility index (Phi) is 14.2. The van der Waals surface area contributed by atoms with Gasteiger partial charge in [-0.1, -0.05) is 73.0 Å². The number of rotatable bonds is 12. The lowest BCUT2D eigenvalue weighted by atomic mass is 9.81. The Hall–Kier alpha value is -0.890. The summed E-state index contributed by atoms with van der Waals surface area (Å²) in [6, 6.07) is 0. The van der Waals surface area contributed by atoms with Gasteiger partial charge < -0.3 is 5.11 Å². The van der Waals surface area contributed by atoms with Crippen LogP contribution in [-0.4, -0.2) is 17.0 Å². The minimum atomic E-state index is -0.197. The van der Waals surface area contributed by atoms with Crippen LogP contribution in [0.25, 0.3) is 0 Å². The molecule has 1 unspecified atom stereocenters. The normalized spacial score (nSPS) is 12.8. The second-order valence-electron chi connectivity index (χ2n) is 8.04. The van der Waals surface area contributed by atoms with Gasteiger partial charge in [0.15, 0.2) is 0 Å². The van der Waals surface area contributed by atoms with Crippen molar-refractivity contribution >= 4 is 5.78 Å². The predicted molar refractivity (Wildman–Crippen MR) is 107 cm³/mol. The maximum absolute atomic E-state index is 11.6. The van der Waals surface area contributed by atoms with Crippen LogP contribution in [0.15, 0.2) is 25.3 Å². The van der Waals surface area contributed by atoms with Crippen molar-refractivity contribution in [3.05, 3.63) is 25.3 Å². The standard InChI is InChI=1S/C11H22O.C11H20O/c2*1-5-7-8-10(12)11(3,4)9-6-2/h6,10,12H,2,5,7-9H2,1,3-4H3;6H,2,5,7-9H2,1,3-4H3. The molecule has 0 spiro atoms. The van der Waals surface area contributed by atoms with Crippen LogP contribution < -0.4 is 0 Å². The van der Waals surface area contributed by atoms with Crippen LogP contribution in [0.4, 0.5) is 0 Å². The molecule has 0 aromatic rings. The maximum atomic E-state index is 11.6. The summed E-state index contributed by atoms with van der Waals surface area (Å²) in [5.74, 6) is 0.365. The molecular weight excluding hydrogens is 296 g/mol. The zero-order valence-electron chi connectivity index (χ0n) is 17.2. The van der Waals surface area contributed by atoms with Crippen molar-refractivity contribution in [1.82, 2.24) is 0 Å². The van der Waals surface area contributed by atoms with Gasteiger partial charge in [0.25, 0.3) is 0 Å². The van der Waals surface area contributed by atoms with Gasteiger partial charge in [0.2, 0.25) is 0 Å². The quantitative estimate of drug-likeness (QED) is 0.413. The topological polar surface area (TPSA) is 37.3 Å². The third-order valence-corrected chi connectivity index (χ3v) is 4.57. The van der Waals surface area contributed by atoms with Gasteiger partial charge in [0, 0.05) is 11.8 Å². The van der Waals surface area contributed by atoms with Gasteiger partial charge in [-0.3, -0.25) is 4.79 Å². The molecule has 1 atom stereocenters. The van der Waals surface area contributed by atoms with E-state index >= 15 is 0 Å². The molecule has 2 heteroatoms. The molecule has 142 valence electrons. The number of aliphatic hydroxyl groups excluding tert-OH is 1. The molecule has 0 amide bonds. The van der Waals surface area contributed by atoms with Crippen molar-refractivity contribution in [2.24, 2.45) is 10.8 Å². The molecule has 24 heavy (non-hydrogen) atoms. The summed E-state index contributed by atoms with van der Waals surface area (Å²) in [7, 11) is 0. The molecule has 0 aliphatic carbocycles. The van der Waals surface area contributed by atoms with Crippen LogP contribution in [0.3, 0.4) is 0 Å². The molecule has 0 saturated carbocycles. The van der Waals surface area contributed by atoms with E-state index in [0.29, 0.717) is 5.78 Å². The molecule has 0 aromatic carbocycles. The molecule has 0 aromatic heterocycles. The van der Waals surface area contributed by atoms with Gasteiger partial charge >= 0.3 is 0 Å². The Morgan fingerprint density at radius 1 is 1.00 bits per heavy atom. The van der Waals surface area contributed by atoms with Crippen LogP contribution in [0, 0.1) is 10.8 Å². The van der Waals surface area contributed by atoms with Crippen LogP contribution in [0.2, 0.25) is 0 Å². The lowest BCUT2D eigenvalue weighted by molar-refractivity contribution is -0.127. The number of unbranched alkanes of at least 4 members (excludes halogenated alkanes) is 2. The van der Waals surface area contributed by atoms with Crippen molar-refractivity contribution in [1.29, 1.82) is 0 Å². The monoisotopic (exact) mass is 338 g/mol. The highest BCUT2D eigenvalue weighted by atomic mass is 16.3. The number of carbonyl (C=O) groups is 1. The largest absolute Gasteiger partial charge is 0.393 e. The Labute approximate surface area is 151 Å². The number of hydrogen-bond donors (Lipinski definition) is 1. The smallest absolute Gasteiger partial charge is 0.138 e. The zero-order chi connectivity index (χ0) is 19.2. The molecule has 0 aliphatic rings. The molecule has 0 bridgehead atoms. The molecule has 0 radical (unpaired) electrons. The van der Waals surface area contributed by atoms with Gasteiger partial charge in [-0.25, -0.2) is 0 Å². The summed E-state index contributed by atoms with van der Waals surface area (Å²) in [5.41, 5.74) is -0.201. The van der Waals surface area contributed by atoms with E-state index in [1.807, 2.05) is 26.0 Å². The number of Topliss-reactive ketones (excluding diaryl/α,β-unsaturated/α-hetero) is 1. The minimum Gasteiger partial charge on any atom is -0.393 e. The summed E-state index contributed by atoms with van der Waals surface area (Å²) < 4.78 is 0. The fourth-order valence-electron chi connectivity index (χ4n) is 2.45. The van der Waals surface area contributed by atoms with E-state index < -0.39 is 0 Å². The van der Waals surface area contributed by atoms with Crippen LogP contribution in [-0.2, 0) is 4.79 Å². The van der Waals surface area contributed by atoms with Gasteiger partial charge in [-0.2, -0.15) is 0 Å². The Bertz CT molecular complexity index is 353. The van der Waals surface area contributed by atoms with E-state index in [2.05, 4.69) is 40.9 Å². The first-order valence-electron chi connectivity index (χ1n) is 9.52. The van der Waals surface area contributed by atoms with Crippen LogP contribution in [0.5, 0.6) is 0 Å². The number of carbonyl (C=O) groups excluding carboxylic acids is 1. The molecule has 0 heterocycles. The van der Waals surface area contributed by atoms with Gasteiger partial charge in [0.05, 0.1) is 6.10 Å². The lowest BCUT2D eigenvalue weighted by Gasteiger charge is -2.29. The van der Waals surface area contributed by atoms with Crippen LogP contribution >= 0.6 is 0 Å². The number of aliphatic hydroxyl groups is 1. The highest BCUT2D eigenvalue weighted by molar-refractivity contribution is 5.84. The van der Waals surface area contributed by atoms with E-state index in [1.54, 1.807) is 0 Å². The molecule has 2 nitrogen and oxygen atoms in total. The maximum Gasteiger partial charge on any atom is 0.138 e. The van der Waals surface area contributed by atoms with Gasteiger partial charge in [0.1, 0.15) is 5.78 Å². The average Bonchev–Trinajstić information content (AvgIpc) is 2.50. The Morgan fingerprint density at radius 3 is 1.92 bits per heavy atom. The van der Waals surface area contributed by atoms with Crippen molar-refractivity contribution < 1.29 is 9.90 Å². The first-order valence-corrected chi connectivity index (χ1v) is 9.52. The van der Waals surface area contributed by atoms with Crippen molar-refractivity contribution in [3.8, 4) is 0 Å². The Balaban J connectivity index is 0. The minimum absolute atomic E-state index is 0.00306. The van der Waals surface area contributed by atoms with Crippen molar-refractivity contribution in [2.75, 3.05) is 0 Å². The van der Waals surface area contributed by atoms with E-state index in [-0.39, 0.29) is 16.9 Å². The third-order valence-electron chi connectivity index (χ3n) is 4.57. The molecule has 1 N–H and O–H groups in total.